The third kappa shape index (κ3) is 1.87. The van der Waals surface area contributed by atoms with E-state index in [1.54, 1.807) is 0 Å². The molecule has 0 spiro atoms. The van der Waals surface area contributed by atoms with Crippen LogP contribution in [0.1, 0.15) is 12.8 Å². The molecule has 1 heterocycles. The SMILES string of the molecule is NC(=O)N1CCC(C(=O)[O-])CC1. The highest BCUT2D eigenvalue weighted by atomic mass is 16.4. The predicted octanol–water partition coefficient (Wildman–Crippen LogP) is -1.47. The number of nitrogens with two attached hydrogens (primary N) is 1. The number of nitrogens with zero attached hydrogens (tertiary/aromatic N) is 1. The maximum Gasteiger partial charge on any atom is 0.314 e. The zero-order chi connectivity index (χ0) is 9.14. The smallest absolute Gasteiger partial charge is 0.314 e. The number of carboxylic acids is 1. The normalized spacial score (nSPS) is 19.2. The van der Waals surface area contributed by atoms with E-state index in [1.807, 2.05) is 0 Å². The van der Waals surface area contributed by atoms with E-state index in [1.165, 1.54) is 4.90 Å². The number of hydrogen-bond acceptors (Lipinski definition) is 3. The van der Waals surface area contributed by atoms with Crippen LogP contribution >= 0.6 is 0 Å². The van der Waals surface area contributed by atoms with Gasteiger partial charge >= 0.3 is 6.03 Å². The van der Waals surface area contributed by atoms with E-state index < -0.39 is 17.9 Å². The lowest BCUT2D eigenvalue weighted by Gasteiger charge is -2.30. The summed E-state index contributed by atoms with van der Waals surface area (Å²) in [6.07, 6.45) is 0.899. The molecule has 5 heteroatoms. The number of carbonyl (C=O) groups is 2. The van der Waals surface area contributed by atoms with Gasteiger partial charge in [-0.15, -0.1) is 0 Å². The van der Waals surface area contributed by atoms with Gasteiger partial charge in [0.15, 0.2) is 0 Å². The molecule has 2 N–H and O–H groups in total. The van der Waals surface area contributed by atoms with Crippen LogP contribution < -0.4 is 10.8 Å². The minimum absolute atomic E-state index is 0.416. The molecule has 1 fully saturated rings. The summed E-state index contributed by atoms with van der Waals surface area (Å²) in [7, 11) is 0. The first-order valence-corrected chi connectivity index (χ1v) is 3.86. The van der Waals surface area contributed by atoms with E-state index in [0.717, 1.165) is 0 Å². The molecule has 0 bridgehead atoms. The van der Waals surface area contributed by atoms with Crippen LogP contribution in [0, 0.1) is 5.92 Å². The van der Waals surface area contributed by atoms with Gasteiger partial charge < -0.3 is 20.5 Å². The van der Waals surface area contributed by atoms with E-state index in [-0.39, 0.29) is 0 Å². The summed E-state index contributed by atoms with van der Waals surface area (Å²) in [6.45, 7) is 0.849. The molecule has 68 valence electrons. The lowest BCUT2D eigenvalue weighted by molar-refractivity contribution is -0.312. The molecule has 0 radical (unpaired) electrons. The van der Waals surface area contributed by atoms with Gasteiger partial charge in [-0.25, -0.2) is 4.79 Å². The van der Waals surface area contributed by atoms with E-state index in [4.69, 9.17) is 5.73 Å². The van der Waals surface area contributed by atoms with E-state index in [2.05, 4.69) is 0 Å². The maximum atomic E-state index is 10.6. The van der Waals surface area contributed by atoms with Gasteiger partial charge in [-0.2, -0.15) is 0 Å². The largest absolute Gasteiger partial charge is 0.550 e. The first-order valence-electron chi connectivity index (χ1n) is 3.86. The van der Waals surface area contributed by atoms with Crippen LogP contribution in [0.3, 0.4) is 0 Å². The van der Waals surface area contributed by atoms with Crippen molar-refractivity contribution in [2.75, 3.05) is 13.1 Å². The third-order valence-electron chi connectivity index (χ3n) is 2.14. The average Bonchev–Trinajstić information content (AvgIpc) is 2.04. The summed E-state index contributed by atoms with van der Waals surface area (Å²) in [5.74, 6) is -1.44. The van der Waals surface area contributed by atoms with Crippen molar-refractivity contribution < 1.29 is 14.7 Å². The molecule has 2 amide bonds. The molecule has 0 aliphatic carbocycles. The molecule has 0 aromatic rings. The van der Waals surface area contributed by atoms with Crippen LogP contribution in [0.25, 0.3) is 0 Å². The Morgan fingerprint density at radius 2 is 1.83 bits per heavy atom. The first-order chi connectivity index (χ1) is 5.61. The van der Waals surface area contributed by atoms with Crippen LogP contribution in [-0.2, 0) is 4.79 Å². The summed E-state index contributed by atoms with van der Waals surface area (Å²) >= 11 is 0. The van der Waals surface area contributed by atoms with Gasteiger partial charge in [0.2, 0.25) is 0 Å². The topological polar surface area (TPSA) is 86.5 Å². The molecule has 1 aliphatic rings. The van der Waals surface area contributed by atoms with E-state index in [9.17, 15) is 14.7 Å². The predicted molar refractivity (Wildman–Crippen MR) is 38.9 cm³/mol. The van der Waals surface area contributed by atoms with Crippen molar-refractivity contribution in [3.8, 4) is 0 Å². The highest BCUT2D eigenvalue weighted by molar-refractivity contribution is 5.73. The van der Waals surface area contributed by atoms with Crippen molar-refractivity contribution in [1.29, 1.82) is 0 Å². The number of amides is 2. The fourth-order valence-corrected chi connectivity index (χ4v) is 1.34. The van der Waals surface area contributed by atoms with E-state index in [0.29, 0.717) is 25.9 Å². The Labute approximate surface area is 70.1 Å². The van der Waals surface area contributed by atoms with Gasteiger partial charge in [-0.3, -0.25) is 0 Å². The number of primary amides is 1. The van der Waals surface area contributed by atoms with Crippen LogP contribution in [0.2, 0.25) is 0 Å². The van der Waals surface area contributed by atoms with Crippen molar-refractivity contribution in [2.45, 2.75) is 12.8 Å². The van der Waals surface area contributed by atoms with E-state index >= 15 is 0 Å². The lowest BCUT2D eigenvalue weighted by atomic mass is 9.97. The highest BCUT2D eigenvalue weighted by Crippen LogP contribution is 2.15. The number of rotatable bonds is 1. The number of piperidine rings is 1. The summed E-state index contributed by atoms with van der Waals surface area (Å²) in [5.41, 5.74) is 5.01. The second-order valence-corrected chi connectivity index (χ2v) is 2.92. The van der Waals surface area contributed by atoms with Crippen molar-refractivity contribution in [1.82, 2.24) is 4.90 Å². The first kappa shape index (κ1) is 8.83. The number of carboxylic acid groups (broad SMARTS) is 1. The molecule has 1 rings (SSSR count). The molecular formula is C7H11N2O3-. The Morgan fingerprint density at radius 3 is 2.17 bits per heavy atom. The van der Waals surface area contributed by atoms with Gasteiger partial charge in [-0.05, 0) is 12.8 Å². The van der Waals surface area contributed by atoms with Crippen molar-refractivity contribution in [3.05, 3.63) is 0 Å². The monoisotopic (exact) mass is 171 g/mol. The Morgan fingerprint density at radius 1 is 1.33 bits per heavy atom. The number of likely N-dealkylation sites (tertiary alicyclic amines) is 1. The standard InChI is InChI=1S/C7H12N2O3/c8-7(12)9-3-1-5(2-4-9)6(10)11/h5H,1-4H2,(H2,8,12)(H,10,11)/p-1. The van der Waals surface area contributed by atoms with Gasteiger partial charge in [0, 0.05) is 25.0 Å². The van der Waals surface area contributed by atoms with Crippen LogP contribution in [-0.4, -0.2) is 30.0 Å². The van der Waals surface area contributed by atoms with Crippen molar-refractivity contribution in [2.24, 2.45) is 11.7 Å². The van der Waals surface area contributed by atoms with Crippen LogP contribution in [0.15, 0.2) is 0 Å². The quantitative estimate of drug-likeness (QED) is 0.522. The van der Waals surface area contributed by atoms with Gasteiger partial charge in [0.1, 0.15) is 0 Å². The van der Waals surface area contributed by atoms with Crippen LogP contribution in [0.4, 0.5) is 4.79 Å². The number of carbonyl (C=O) groups excluding carboxylic acids is 2. The minimum Gasteiger partial charge on any atom is -0.550 e. The van der Waals surface area contributed by atoms with Gasteiger partial charge in [0.25, 0.3) is 0 Å². The second kappa shape index (κ2) is 3.42. The average molecular weight is 171 g/mol. The fraction of sp³-hybridized carbons (Fsp3) is 0.714. The number of aliphatic carboxylic acids is 1. The molecule has 12 heavy (non-hydrogen) atoms. The molecular weight excluding hydrogens is 160 g/mol. The zero-order valence-electron chi connectivity index (χ0n) is 6.66. The lowest BCUT2D eigenvalue weighted by Crippen LogP contribution is -2.45. The van der Waals surface area contributed by atoms with Gasteiger partial charge in [-0.1, -0.05) is 0 Å². The number of urea groups is 1. The molecule has 0 aromatic heterocycles. The van der Waals surface area contributed by atoms with Crippen molar-refractivity contribution >= 4 is 12.0 Å². The maximum absolute atomic E-state index is 10.6. The molecule has 5 nitrogen and oxygen atoms in total. The molecule has 1 saturated heterocycles. The Hall–Kier alpha value is -1.26. The fourth-order valence-electron chi connectivity index (χ4n) is 1.34. The zero-order valence-corrected chi connectivity index (χ0v) is 6.66. The summed E-state index contributed by atoms with van der Waals surface area (Å²) in [6, 6.07) is -0.480. The van der Waals surface area contributed by atoms with Crippen LogP contribution in [0.5, 0.6) is 0 Å². The third-order valence-corrected chi connectivity index (χ3v) is 2.14. The molecule has 0 unspecified atom stereocenters. The van der Waals surface area contributed by atoms with Gasteiger partial charge in [0.05, 0.1) is 0 Å². The molecule has 0 atom stereocenters. The Bertz CT molecular complexity index is 175. The summed E-state index contributed by atoms with van der Waals surface area (Å²) in [4.78, 5) is 22.4. The highest BCUT2D eigenvalue weighted by Gasteiger charge is 2.21. The molecule has 0 saturated carbocycles. The second-order valence-electron chi connectivity index (χ2n) is 2.92. The molecule has 0 aromatic carbocycles. The Balaban J connectivity index is 2.39. The summed E-state index contributed by atoms with van der Waals surface area (Å²) < 4.78 is 0. The number of hydrogen-bond donors (Lipinski definition) is 1. The molecule has 1 aliphatic heterocycles. The Kier molecular flexibility index (Phi) is 2.52. The minimum atomic E-state index is -1.03. The summed E-state index contributed by atoms with van der Waals surface area (Å²) in [5, 5.41) is 10.4. The van der Waals surface area contributed by atoms with Crippen molar-refractivity contribution in [3.63, 3.8) is 0 Å².